The number of carbonyl (C=O) groups excluding carboxylic acids is 1. The summed E-state index contributed by atoms with van der Waals surface area (Å²) in [5.74, 6) is 0.116. The highest BCUT2D eigenvalue weighted by Crippen LogP contribution is 2.36. The van der Waals surface area contributed by atoms with Gasteiger partial charge in [-0.2, -0.15) is 0 Å². The van der Waals surface area contributed by atoms with Gasteiger partial charge >= 0.3 is 0 Å². The molecule has 5 nitrogen and oxygen atoms in total. The average molecular weight is 277 g/mol. The van der Waals surface area contributed by atoms with E-state index in [4.69, 9.17) is 0 Å². The molecule has 0 amide bonds. The molecular weight excluding hydrogens is 255 g/mol. The van der Waals surface area contributed by atoms with E-state index in [1.807, 2.05) is 0 Å². The summed E-state index contributed by atoms with van der Waals surface area (Å²) in [7, 11) is -2.99. The minimum Gasteiger partial charge on any atom is -0.756 e. The molecule has 0 heterocycles. The Labute approximate surface area is 109 Å². The van der Waals surface area contributed by atoms with E-state index < -0.39 is 7.82 Å². The number of phosphoric acid groups is 1. The van der Waals surface area contributed by atoms with Crippen LogP contribution >= 0.6 is 7.82 Å². The third-order valence-corrected chi connectivity index (χ3v) is 3.44. The summed E-state index contributed by atoms with van der Waals surface area (Å²) in [6.07, 6.45) is 4.87. The lowest BCUT2D eigenvalue weighted by Gasteiger charge is -2.19. The molecule has 0 fully saturated rings. The Hall–Kier alpha value is -0.480. The summed E-state index contributed by atoms with van der Waals surface area (Å²) in [6, 6.07) is 0. The Kier molecular flexibility index (Phi) is 9.20. The highest BCUT2D eigenvalue weighted by molar-refractivity contribution is 7.45. The van der Waals surface area contributed by atoms with E-state index >= 15 is 0 Å². The lowest BCUT2D eigenvalue weighted by molar-refractivity contribution is -0.223. The van der Waals surface area contributed by atoms with Crippen LogP contribution in [0, 0.1) is 0 Å². The number of phosphoric ester groups is 1. The fourth-order valence-corrected chi connectivity index (χ4v) is 1.82. The van der Waals surface area contributed by atoms with E-state index in [-0.39, 0.29) is 12.4 Å². The van der Waals surface area contributed by atoms with Crippen molar-refractivity contribution in [2.75, 3.05) is 13.7 Å². The van der Waals surface area contributed by atoms with Gasteiger partial charge in [0, 0.05) is 13.5 Å². The van der Waals surface area contributed by atoms with Crippen molar-refractivity contribution >= 4 is 13.6 Å². The highest BCUT2D eigenvalue weighted by atomic mass is 31.2. The number of carbonyl (C=O) groups is 1. The molecule has 1 unspecified atom stereocenters. The predicted octanol–water partition coefficient (Wildman–Crippen LogP) is 2.60. The first-order chi connectivity index (χ1) is 8.39. The van der Waals surface area contributed by atoms with E-state index in [0.29, 0.717) is 18.4 Å². The van der Waals surface area contributed by atoms with Crippen molar-refractivity contribution in [2.45, 2.75) is 45.4 Å². The maximum absolute atomic E-state index is 11.2. The molecule has 0 saturated heterocycles. The molecule has 6 heteroatoms. The summed E-state index contributed by atoms with van der Waals surface area (Å²) < 4.78 is 19.5. The van der Waals surface area contributed by atoms with Crippen LogP contribution in [0.15, 0.2) is 12.2 Å². The van der Waals surface area contributed by atoms with Crippen LogP contribution in [0.5, 0.6) is 0 Å². The zero-order valence-corrected chi connectivity index (χ0v) is 12.0. The predicted molar refractivity (Wildman–Crippen MR) is 68.1 cm³/mol. The topological polar surface area (TPSA) is 75.7 Å². The zero-order valence-electron chi connectivity index (χ0n) is 11.1. The lowest BCUT2D eigenvalue weighted by atomic mass is 10.1. The van der Waals surface area contributed by atoms with Crippen LogP contribution in [0.4, 0.5) is 0 Å². The van der Waals surface area contributed by atoms with Crippen LogP contribution in [-0.2, 0) is 18.4 Å². The van der Waals surface area contributed by atoms with Crippen molar-refractivity contribution in [3.63, 3.8) is 0 Å². The van der Waals surface area contributed by atoms with E-state index in [0.717, 1.165) is 32.8 Å². The van der Waals surface area contributed by atoms with Crippen LogP contribution in [0.25, 0.3) is 0 Å². The number of Topliss-reactive ketones (excluding diaryl/α,β-unsaturated/α-hetero) is 1. The number of ketones is 1. The molecular formula is C12H22O5P-. The van der Waals surface area contributed by atoms with Gasteiger partial charge in [-0.1, -0.05) is 25.8 Å². The standard InChI is InChI=1S/C12H23O5P/c1-11(2)12(13)9-7-5-4-6-8-10-17-18(14,15)16-3/h1,4-10H2,2-3H3,(H,14,15)/p-1. The van der Waals surface area contributed by atoms with Crippen molar-refractivity contribution in [3.05, 3.63) is 12.2 Å². The first-order valence-electron chi connectivity index (χ1n) is 6.09. The van der Waals surface area contributed by atoms with Crippen molar-refractivity contribution < 1.29 is 23.3 Å². The lowest BCUT2D eigenvalue weighted by Crippen LogP contribution is -2.07. The molecule has 1 atom stereocenters. The van der Waals surface area contributed by atoms with Crippen LogP contribution in [0.3, 0.4) is 0 Å². The van der Waals surface area contributed by atoms with Crippen molar-refractivity contribution in [3.8, 4) is 0 Å². The second-order valence-corrected chi connectivity index (χ2v) is 5.70. The van der Waals surface area contributed by atoms with E-state index in [9.17, 15) is 14.3 Å². The van der Waals surface area contributed by atoms with Crippen molar-refractivity contribution in [1.82, 2.24) is 0 Å². The molecule has 0 aromatic rings. The van der Waals surface area contributed by atoms with Crippen molar-refractivity contribution in [1.29, 1.82) is 0 Å². The summed E-state index contributed by atoms with van der Waals surface area (Å²) >= 11 is 0. The van der Waals surface area contributed by atoms with Gasteiger partial charge < -0.3 is 13.9 Å². The molecule has 0 aliphatic carbocycles. The summed E-state index contributed by atoms with van der Waals surface area (Å²) in [5, 5.41) is 0. The third kappa shape index (κ3) is 9.54. The van der Waals surface area contributed by atoms with Gasteiger partial charge in [0.2, 0.25) is 0 Å². The molecule has 0 bridgehead atoms. The Morgan fingerprint density at radius 2 is 1.78 bits per heavy atom. The number of unbranched alkanes of at least 4 members (excludes halogenated alkanes) is 4. The first kappa shape index (κ1) is 17.5. The van der Waals surface area contributed by atoms with Crippen LogP contribution in [-0.4, -0.2) is 19.5 Å². The second kappa shape index (κ2) is 9.45. The molecule has 0 saturated carbocycles. The molecule has 0 aliphatic heterocycles. The minimum absolute atomic E-state index is 0.116. The molecule has 0 N–H and O–H groups in total. The van der Waals surface area contributed by atoms with Crippen LogP contribution in [0.2, 0.25) is 0 Å². The Morgan fingerprint density at radius 1 is 1.22 bits per heavy atom. The van der Waals surface area contributed by atoms with E-state index in [1.54, 1.807) is 6.92 Å². The molecule has 18 heavy (non-hydrogen) atoms. The fraction of sp³-hybridized carbons (Fsp3) is 0.750. The maximum atomic E-state index is 11.2. The molecule has 0 spiro atoms. The largest absolute Gasteiger partial charge is 0.756 e. The summed E-state index contributed by atoms with van der Waals surface area (Å²) in [4.78, 5) is 22.0. The molecule has 0 aromatic carbocycles. The molecule has 0 rings (SSSR count). The minimum atomic E-state index is -4.06. The Balaban J connectivity index is 3.34. The van der Waals surface area contributed by atoms with Gasteiger partial charge in [-0.05, 0) is 25.3 Å². The highest BCUT2D eigenvalue weighted by Gasteiger charge is 2.05. The van der Waals surface area contributed by atoms with E-state index in [1.165, 1.54) is 0 Å². The van der Waals surface area contributed by atoms with Gasteiger partial charge in [0.25, 0.3) is 7.82 Å². The SMILES string of the molecule is C=C(C)C(=O)CCCCCCCOP(=O)([O-])OC. The van der Waals surface area contributed by atoms with Gasteiger partial charge in [0.05, 0.1) is 6.61 Å². The van der Waals surface area contributed by atoms with E-state index in [2.05, 4.69) is 15.6 Å². The smallest absolute Gasteiger partial charge is 0.267 e. The first-order valence-corrected chi connectivity index (χ1v) is 7.55. The zero-order chi connectivity index (χ0) is 14.0. The van der Waals surface area contributed by atoms with Gasteiger partial charge in [0.15, 0.2) is 5.78 Å². The molecule has 106 valence electrons. The monoisotopic (exact) mass is 277 g/mol. The summed E-state index contributed by atoms with van der Waals surface area (Å²) in [5.41, 5.74) is 0.606. The van der Waals surface area contributed by atoms with Crippen LogP contribution < -0.4 is 4.89 Å². The van der Waals surface area contributed by atoms with Crippen molar-refractivity contribution in [2.24, 2.45) is 0 Å². The Morgan fingerprint density at radius 3 is 2.33 bits per heavy atom. The van der Waals surface area contributed by atoms with Crippen LogP contribution in [0.1, 0.15) is 45.4 Å². The molecule has 0 aliphatic rings. The Bertz CT molecular complexity index is 314. The summed E-state index contributed by atoms with van der Waals surface area (Å²) in [6.45, 7) is 5.46. The third-order valence-electron chi connectivity index (χ3n) is 2.50. The number of rotatable bonds is 11. The number of hydrogen-bond donors (Lipinski definition) is 0. The maximum Gasteiger partial charge on any atom is 0.267 e. The molecule has 0 radical (unpaired) electrons. The number of allylic oxidation sites excluding steroid dienone is 1. The fourth-order valence-electron chi connectivity index (χ4n) is 1.36. The van der Waals surface area contributed by atoms with Gasteiger partial charge in [-0.3, -0.25) is 9.36 Å². The molecule has 0 aromatic heterocycles. The number of hydrogen-bond acceptors (Lipinski definition) is 5. The second-order valence-electron chi connectivity index (χ2n) is 4.18. The van der Waals surface area contributed by atoms with Gasteiger partial charge in [-0.25, -0.2) is 0 Å². The normalized spacial score (nSPS) is 14.2. The van der Waals surface area contributed by atoms with Gasteiger partial charge in [0.1, 0.15) is 0 Å². The average Bonchev–Trinajstić information content (AvgIpc) is 2.32. The quantitative estimate of drug-likeness (QED) is 0.329. The van der Waals surface area contributed by atoms with Gasteiger partial charge in [-0.15, -0.1) is 0 Å².